The fourth-order valence-corrected chi connectivity index (χ4v) is 2.96. The zero-order chi connectivity index (χ0) is 14.5. The second-order valence-corrected chi connectivity index (χ2v) is 6.12. The minimum absolute atomic E-state index is 0.647. The van der Waals surface area contributed by atoms with Crippen molar-refractivity contribution in [2.24, 2.45) is 5.92 Å². The molecule has 0 atom stereocenters. The summed E-state index contributed by atoms with van der Waals surface area (Å²) in [5.74, 6) is 3.60. The lowest BCUT2D eigenvalue weighted by Gasteiger charge is -2.32. The number of hydrogen-bond donors (Lipinski definition) is 1. The van der Waals surface area contributed by atoms with E-state index >= 15 is 0 Å². The second-order valence-electron chi connectivity index (χ2n) is 6.12. The summed E-state index contributed by atoms with van der Waals surface area (Å²) in [5.41, 5.74) is 0. The van der Waals surface area contributed by atoms with Gasteiger partial charge in [-0.15, -0.1) is 0 Å². The van der Waals surface area contributed by atoms with Gasteiger partial charge in [0.25, 0.3) is 0 Å². The number of nitrogens with one attached hydrogen (secondary N) is 1. The molecule has 112 valence electrons. The average Bonchev–Trinajstić information content (AvgIpc) is 2.97. The first-order chi connectivity index (χ1) is 9.63. The first-order valence-electron chi connectivity index (χ1n) is 7.96. The van der Waals surface area contributed by atoms with Crippen molar-refractivity contribution < 1.29 is 0 Å². The molecule has 0 amide bonds. The first kappa shape index (κ1) is 15.1. The van der Waals surface area contributed by atoms with Gasteiger partial charge in [-0.05, 0) is 18.8 Å². The van der Waals surface area contributed by atoms with E-state index in [-0.39, 0.29) is 0 Å². The Morgan fingerprint density at radius 1 is 1.30 bits per heavy atom. The Kier molecular flexibility index (Phi) is 5.21. The minimum Gasteiger partial charge on any atom is -0.373 e. The summed E-state index contributed by atoms with van der Waals surface area (Å²) in [5, 5.41) is 3.16. The van der Waals surface area contributed by atoms with Gasteiger partial charge in [0, 0.05) is 32.1 Å². The molecule has 0 unspecified atom stereocenters. The van der Waals surface area contributed by atoms with E-state index in [1.807, 2.05) is 7.05 Å². The SMILES string of the molecule is CCc1nc(NC)cc(N(CC(C)C)C2CCCC2)n1. The molecule has 2 rings (SSSR count). The van der Waals surface area contributed by atoms with Crippen LogP contribution in [0.15, 0.2) is 6.07 Å². The van der Waals surface area contributed by atoms with Crippen LogP contribution in [0.3, 0.4) is 0 Å². The summed E-state index contributed by atoms with van der Waals surface area (Å²) in [4.78, 5) is 11.8. The standard InChI is InChI=1S/C16H28N4/c1-5-14-18-15(17-4)10-16(19-14)20(11-12(2)3)13-8-6-7-9-13/h10,12-13H,5-9,11H2,1-4H3,(H,17,18,19). The molecule has 0 radical (unpaired) electrons. The predicted molar refractivity (Wildman–Crippen MR) is 85.4 cm³/mol. The van der Waals surface area contributed by atoms with Crippen LogP contribution in [0.5, 0.6) is 0 Å². The molecule has 4 nitrogen and oxygen atoms in total. The van der Waals surface area contributed by atoms with Crippen molar-refractivity contribution in [2.45, 2.75) is 58.9 Å². The average molecular weight is 276 g/mol. The molecule has 20 heavy (non-hydrogen) atoms. The largest absolute Gasteiger partial charge is 0.373 e. The molecule has 0 spiro atoms. The van der Waals surface area contributed by atoms with Crippen molar-refractivity contribution in [1.82, 2.24) is 9.97 Å². The molecule has 1 saturated carbocycles. The lowest BCUT2D eigenvalue weighted by Crippen LogP contribution is -2.37. The normalized spacial score (nSPS) is 15.8. The Labute approximate surface area is 123 Å². The monoisotopic (exact) mass is 276 g/mol. The minimum atomic E-state index is 0.647. The van der Waals surface area contributed by atoms with Crippen molar-refractivity contribution in [1.29, 1.82) is 0 Å². The quantitative estimate of drug-likeness (QED) is 0.863. The van der Waals surface area contributed by atoms with Crippen LogP contribution in [0, 0.1) is 5.92 Å². The third-order valence-corrected chi connectivity index (χ3v) is 3.95. The highest BCUT2D eigenvalue weighted by Crippen LogP contribution is 2.29. The Morgan fingerprint density at radius 3 is 2.55 bits per heavy atom. The fraction of sp³-hybridized carbons (Fsp3) is 0.750. The van der Waals surface area contributed by atoms with E-state index in [0.717, 1.165) is 30.4 Å². The molecule has 1 fully saturated rings. The molecule has 1 heterocycles. The highest BCUT2D eigenvalue weighted by atomic mass is 15.2. The van der Waals surface area contributed by atoms with Crippen molar-refractivity contribution in [2.75, 3.05) is 23.8 Å². The van der Waals surface area contributed by atoms with Crippen LogP contribution in [0.2, 0.25) is 0 Å². The lowest BCUT2D eigenvalue weighted by molar-refractivity contribution is 0.530. The Balaban J connectivity index is 2.30. The van der Waals surface area contributed by atoms with Gasteiger partial charge in [0.1, 0.15) is 17.5 Å². The van der Waals surface area contributed by atoms with Crippen molar-refractivity contribution in [3.63, 3.8) is 0 Å². The molecule has 1 aliphatic rings. The van der Waals surface area contributed by atoms with Crippen molar-refractivity contribution >= 4 is 11.6 Å². The number of anilines is 2. The van der Waals surface area contributed by atoms with Gasteiger partial charge in [-0.25, -0.2) is 9.97 Å². The molecule has 0 saturated heterocycles. The number of aryl methyl sites for hydroxylation is 1. The molecule has 0 aromatic carbocycles. The van der Waals surface area contributed by atoms with Crippen molar-refractivity contribution in [3.8, 4) is 0 Å². The highest BCUT2D eigenvalue weighted by Gasteiger charge is 2.25. The predicted octanol–water partition coefficient (Wildman–Crippen LogP) is 3.49. The molecule has 1 N–H and O–H groups in total. The van der Waals surface area contributed by atoms with Gasteiger partial charge in [0.15, 0.2) is 0 Å². The summed E-state index contributed by atoms with van der Waals surface area (Å²) < 4.78 is 0. The van der Waals surface area contributed by atoms with Gasteiger partial charge in [0.05, 0.1) is 0 Å². The summed E-state index contributed by atoms with van der Waals surface area (Å²) in [6.07, 6.45) is 6.18. The number of nitrogens with zero attached hydrogens (tertiary/aromatic N) is 3. The smallest absolute Gasteiger partial charge is 0.134 e. The third-order valence-electron chi connectivity index (χ3n) is 3.95. The first-order valence-corrected chi connectivity index (χ1v) is 7.96. The third kappa shape index (κ3) is 3.62. The Bertz CT molecular complexity index is 402. The van der Waals surface area contributed by atoms with Crippen LogP contribution in [0.1, 0.15) is 52.3 Å². The molecule has 1 aromatic rings. The number of aromatic nitrogens is 2. The molecule has 0 bridgehead atoms. The molecule has 1 aromatic heterocycles. The highest BCUT2D eigenvalue weighted by molar-refractivity contribution is 5.50. The maximum absolute atomic E-state index is 4.77. The van der Waals surface area contributed by atoms with Crippen LogP contribution in [0.4, 0.5) is 11.6 Å². The summed E-state index contributed by atoms with van der Waals surface area (Å²) in [6, 6.07) is 2.75. The van der Waals surface area contributed by atoms with Gasteiger partial charge in [-0.3, -0.25) is 0 Å². The van der Waals surface area contributed by atoms with E-state index < -0.39 is 0 Å². The lowest BCUT2D eigenvalue weighted by atomic mass is 10.1. The topological polar surface area (TPSA) is 41.1 Å². The number of hydrogen-bond acceptors (Lipinski definition) is 4. The maximum Gasteiger partial charge on any atom is 0.134 e. The second kappa shape index (κ2) is 6.91. The van der Waals surface area contributed by atoms with Gasteiger partial charge < -0.3 is 10.2 Å². The summed E-state index contributed by atoms with van der Waals surface area (Å²) >= 11 is 0. The Hall–Kier alpha value is -1.32. The van der Waals surface area contributed by atoms with Crippen LogP contribution >= 0.6 is 0 Å². The van der Waals surface area contributed by atoms with E-state index in [1.54, 1.807) is 0 Å². The maximum atomic E-state index is 4.77. The zero-order valence-electron chi connectivity index (χ0n) is 13.3. The van der Waals surface area contributed by atoms with E-state index in [9.17, 15) is 0 Å². The van der Waals surface area contributed by atoms with Crippen LogP contribution < -0.4 is 10.2 Å². The van der Waals surface area contributed by atoms with Gasteiger partial charge >= 0.3 is 0 Å². The molecule has 1 aliphatic carbocycles. The molecular weight excluding hydrogens is 248 g/mol. The number of rotatable bonds is 6. The van der Waals surface area contributed by atoms with Crippen LogP contribution in [-0.2, 0) is 6.42 Å². The van der Waals surface area contributed by atoms with Gasteiger partial charge in [-0.1, -0.05) is 33.6 Å². The van der Waals surface area contributed by atoms with E-state index in [1.165, 1.54) is 25.7 Å². The summed E-state index contributed by atoms with van der Waals surface area (Å²) in [7, 11) is 1.92. The fourth-order valence-electron chi connectivity index (χ4n) is 2.96. The van der Waals surface area contributed by atoms with Gasteiger partial charge in [0.2, 0.25) is 0 Å². The summed E-state index contributed by atoms with van der Waals surface area (Å²) in [6.45, 7) is 7.75. The van der Waals surface area contributed by atoms with Crippen LogP contribution in [0.25, 0.3) is 0 Å². The van der Waals surface area contributed by atoms with E-state index in [0.29, 0.717) is 12.0 Å². The van der Waals surface area contributed by atoms with E-state index in [4.69, 9.17) is 4.98 Å². The zero-order valence-corrected chi connectivity index (χ0v) is 13.3. The molecular formula is C16H28N4. The van der Waals surface area contributed by atoms with Crippen LogP contribution in [-0.4, -0.2) is 29.6 Å². The van der Waals surface area contributed by atoms with Gasteiger partial charge in [-0.2, -0.15) is 0 Å². The van der Waals surface area contributed by atoms with E-state index in [2.05, 4.69) is 42.0 Å². The van der Waals surface area contributed by atoms with Crippen molar-refractivity contribution in [3.05, 3.63) is 11.9 Å². The molecule has 4 heteroatoms. The molecule has 0 aliphatic heterocycles. The Morgan fingerprint density at radius 2 is 2.00 bits per heavy atom.